The monoisotopic (exact) mass is 350 g/mol. The summed E-state index contributed by atoms with van der Waals surface area (Å²) in [7, 11) is 0. The molecule has 0 spiro atoms. The van der Waals surface area contributed by atoms with E-state index in [4.69, 9.17) is 0 Å². The van der Waals surface area contributed by atoms with Crippen LogP contribution in [0.1, 0.15) is 89.0 Å². The van der Waals surface area contributed by atoms with Gasteiger partial charge in [-0.15, -0.1) is 0 Å². The average molecular weight is 350 g/mol. The first-order valence-corrected chi connectivity index (χ1v) is 10.2. The van der Waals surface area contributed by atoms with E-state index < -0.39 is 17.2 Å². The molecule has 1 aromatic carbocycles. The summed E-state index contributed by atoms with van der Waals surface area (Å²) in [5.74, 6) is 0.384. The standard InChI is InChI=1S/C22H32F2O/c1-2-3-12-22(25)13-10-18(11-14-22)16-4-6-17(7-5-16)19-8-9-20(23)21(24)15-19/h8-9,15-18,25H,2-7,10-14H2,1H3. The highest BCUT2D eigenvalue weighted by Crippen LogP contribution is 2.45. The van der Waals surface area contributed by atoms with Crippen molar-refractivity contribution in [2.24, 2.45) is 11.8 Å². The molecule has 0 heterocycles. The van der Waals surface area contributed by atoms with Crippen molar-refractivity contribution in [3.05, 3.63) is 35.4 Å². The number of halogens is 2. The third-order valence-electron chi connectivity index (χ3n) is 6.81. The van der Waals surface area contributed by atoms with Gasteiger partial charge in [0.05, 0.1) is 5.60 Å². The van der Waals surface area contributed by atoms with Crippen molar-refractivity contribution in [2.45, 2.75) is 89.1 Å². The Morgan fingerprint density at radius 1 is 0.960 bits per heavy atom. The molecule has 1 aromatic rings. The number of hydrogen-bond acceptors (Lipinski definition) is 1. The normalized spacial score (nSPS) is 33.4. The fourth-order valence-corrected chi connectivity index (χ4v) is 5.09. The van der Waals surface area contributed by atoms with E-state index in [0.717, 1.165) is 75.2 Å². The first-order chi connectivity index (χ1) is 12.0. The van der Waals surface area contributed by atoms with Gasteiger partial charge in [-0.05, 0) is 93.2 Å². The molecule has 0 radical (unpaired) electrons. The third-order valence-corrected chi connectivity index (χ3v) is 6.81. The Morgan fingerprint density at radius 2 is 1.60 bits per heavy atom. The zero-order valence-corrected chi connectivity index (χ0v) is 15.4. The van der Waals surface area contributed by atoms with Crippen molar-refractivity contribution >= 4 is 0 Å². The minimum Gasteiger partial charge on any atom is -0.390 e. The molecule has 2 aliphatic rings. The van der Waals surface area contributed by atoms with Gasteiger partial charge < -0.3 is 5.11 Å². The molecular formula is C22H32F2O. The number of rotatable bonds is 5. The highest BCUT2D eigenvalue weighted by molar-refractivity contribution is 5.22. The van der Waals surface area contributed by atoms with Crippen LogP contribution in [-0.2, 0) is 0 Å². The highest BCUT2D eigenvalue weighted by Gasteiger charge is 2.36. The van der Waals surface area contributed by atoms with Crippen LogP contribution in [0, 0.1) is 23.5 Å². The van der Waals surface area contributed by atoms with Gasteiger partial charge in [-0.25, -0.2) is 8.78 Å². The Labute approximate surface area is 150 Å². The second-order valence-corrected chi connectivity index (χ2v) is 8.45. The molecule has 2 fully saturated rings. The molecule has 2 aliphatic carbocycles. The Kier molecular flexibility index (Phi) is 6.14. The molecule has 25 heavy (non-hydrogen) atoms. The molecule has 0 atom stereocenters. The van der Waals surface area contributed by atoms with Gasteiger partial charge in [-0.2, -0.15) is 0 Å². The minimum atomic E-state index is -0.754. The minimum absolute atomic E-state index is 0.372. The van der Waals surface area contributed by atoms with Gasteiger partial charge in [0.1, 0.15) is 0 Å². The van der Waals surface area contributed by atoms with Crippen LogP contribution in [0.15, 0.2) is 18.2 Å². The van der Waals surface area contributed by atoms with Crippen molar-refractivity contribution in [2.75, 3.05) is 0 Å². The maximum atomic E-state index is 13.5. The predicted octanol–water partition coefficient (Wildman–Crippen LogP) is 6.35. The zero-order valence-electron chi connectivity index (χ0n) is 15.4. The largest absolute Gasteiger partial charge is 0.390 e. The second kappa shape index (κ2) is 8.16. The number of aliphatic hydroxyl groups is 1. The van der Waals surface area contributed by atoms with Crippen molar-refractivity contribution in [3.8, 4) is 0 Å². The fourth-order valence-electron chi connectivity index (χ4n) is 5.09. The van der Waals surface area contributed by atoms with Gasteiger partial charge >= 0.3 is 0 Å². The summed E-state index contributed by atoms with van der Waals surface area (Å²) in [6.07, 6.45) is 12.0. The molecule has 3 heteroatoms. The quantitative estimate of drug-likeness (QED) is 0.656. The van der Waals surface area contributed by atoms with Crippen molar-refractivity contribution in [1.82, 2.24) is 0 Å². The van der Waals surface area contributed by atoms with Crippen molar-refractivity contribution < 1.29 is 13.9 Å². The fraction of sp³-hybridized carbons (Fsp3) is 0.727. The Morgan fingerprint density at radius 3 is 2.20 bits per heavy atom. The van der Waals surface area contributed by atoms with Crippen LogP contribution >= 0.6 is 0 Å². The van der Waals surface area contributed by atoms with Crippen molar-refractivity contribution in [1.29, 1.82) is 0 Å². The van der Waals surface area contributed by atoms with Crippen LogP contribution in [0.25, 0.3) is 0 Å². The van der Waals surface area contributed by atoms with Gasteiger partial charge in [0, 0.05) is 0 Å². The molecule has 0 saturated heterocycles. The summed E-state index contributed by atoms with van der Waals surface area (Å²) in [6.45, 7) is 2.18. The van der Waals surface area contributed by atoms with Gasteiger partial charge in [0.25, 0.3) is 0 Å². The summed E-state index contributed by atoms with van der Waals surface area (Å²) in [6, 6.07) is 4.39. The SMILES string of the molecule is CCCCC1(O)CCC(C2CCC(c3ccc(F)c(F)c3)CC2)CC1. The summed E-state index contributed by atoms with van der Waals surface area (Å²) < 4.78 is 26.6. The van der Waals surface area contributed by atoms with Crippen LogP contribution in [0.2, 0.25) is 0 Å². The number of hydrogen-bond donors (Lipinski definition) is 1. The van der Waals surface area contributed by atoms with Crippen LogP contribution in [0.4, 0.5) is 8.78 Å². The molecule has 140 valence electrons. The van der Waals surface area contributed by atoms with Crippen LogP contribution < -0.4 is 0 Å². The molecule has 0 aliphatic heterocycles. The lowest BCUT2D eigenvalue weighted by Gasteiger charge is -2.41. The average Bonchev–Trinajstić information content (AvgIpc) is 2.63. The predicted molar refractivity (Wildman–Crippen MR) is 97.5 cm³/mol. The second-order valence-electron chi connectivity index (χ2n) is 8.45. The van der Waals surface area contributed by atoms with E-state index in [9.17, 15) is 13.9 Å². The molecule has 1 nitrogen and oxygen atoms in total. The van der Waals surface area contributed by atoms with Gasteiger partial charge in [-0.1, -0.05) is 25.8 Å². The van der Waals surface area contributed by atoms with E-state index in [-0.39, 0.29) is 0 Å². The lowest BCUT2D eigenvalue weighted by atomic mass is 9.67. The van der Waals surface area contributed by atoms with E-state index in [2.05, 4.69) is 6.92 Å². The first kappa shape index (κ1) is 18.8. The maximum absolute atomic E-state index is 13.5. The van der Waals surface area contributed by atoms with Gasteiger partial charge in [0.2, 0.25) is 0 Å². The molecule has 0 amide bonds. The van der Waals surface area contributed by atoms with Gasteiger partial charge in [0.15, 0.2) is 11.6 Å². The lowest BCUT2D eigenvalue weighted by molar-refractivity contribution is -0.0283. The Bertz CT molecular complexity index is 555. The van der Waals surface area contributed by atoms with E-state index in [1.807, 2.05) is 0 Å². The lowest BCUT2D eigenvalue weighted by Crippen LogP contribution is -2.36. The van der Waals surface area contributed by atoms with Crippen LogP contribution in [0.3, 0.4) is 0 Å². The van der Waals surface area contributed by atoms with Crippen LogP contribution in [0.5, 0.6) is 0 Å². The summed E-state index contributed by atoms with van der Waals surface area (Å²) in [4.78, 5) is 0. The van der Waals surface area contributed by atoms with E-state index in [0.29, 0.717) is 5.92 Å². The summed E-state index contributed by atoms with van der Waals surface area (Å²) in [5, 5.41) is 10.7. The van der Waals surface area contributed by atoms with E-state index >= 15 is 0 Å². The summed E-state index contributed by atoms with van der Waals surface area (Å²) in [5.41, 5.74) is 0.546. The van der Waals surface area contributed by atoms with Gasteiger partial charge in [-0.3, -0.25) is 0 Å². The third kappa shape index (κ3) is 4.61. The summed E-state index contributed by atoms with van der Waals surface area (Å²) >= 11 is 0. The molecule has 0 unspecified atom stereocenters. The topological polar surface area (TPSA) is 20.2 Å². The smallest absolute Gasteiger partial charge is 0.159 e. The number of benzene rings is 1. The molecule has 0 aromatic heterocycles. The zero-order chi connectivity index (χ0) is 17.9. The Balaban J connectivity index is 1.49. The molecular weight excluding hydrogens is 318 g/mol. The molecule has 2 saturated carbocycles. The maximum Gasteiger partial charge on any atom is 0.159 e. The Hall–Kier alpha value is -0.960. The van der Waals surface area contributed by atoms with E-state index in [1.165, 1.54) is 25.0 Å². The van der Waals surface area contributed by atoms with E-state index in [1.54, 1.807) is 6.07 Å². The molecule has 1 N–H and O–H groups in total. The first-order valence-electron chi connectivity index (χ1n) is 10.2. The highest BCUT2D eigenvalue weighted by atomic mass is 19.2. The number of unbranched alkanes of at least 4 members (excludes halogenated alkanes) is 1. The van der Waals surface area contributed by atoms with Crippen LogP contribution in [-0.4, -0.2) is 10.7 Å². The molecule has 3 rings (SSSR count). The molecule has 0 bridgehead atoms. The van der Waals surface area contributed by atoms with Crippen molar-refractivity contribution in [3.63, 3.8) is 0 Å².